The van der Waals surface area contributed by atoms with E-state index >= 15 is 0 Å². The molecule has 0 fully saturated rings. The molecule has 4 aromatic rings. The quantitative estimate of drug-likeness (QED) is 0.245. The molecule has 2 heterocycles. The number of carbonyl (C=O) groups is 1. The average molecular weight is 512 g/mol. The number of ether oxygens (including phenoxy) is 2. The fraction of sp³-hybridized carbons (Fsp3) is 0.312. The number of rotatable bonds is 9. The second-order valence-corrected chi connectivity index (χ2v) is 10.2. The van der Waals surface area contributed by atoms with Gasteiger partial charge in [-0.2, -0.15) is 0 Å². The Morgan fingerprint density at radius 2 is 1.76 bits per heavy atom. The largest absolute Gasteiger partial charge is 0.489 e. The highest BCUT2D eigenvalue weighted by Crippen LogP contribution is 2.39. The minimum atomic E-state index is -0.571. The summed E-state index contributed by atoms with van der Waals surface area (Å²) in [5, 5.41) is 0.500. The minimum Gasteiger partial charge on any atom is -0.489 e. The first-order valence-electron chi connectivity index (χ1n) is 13.1. The normalized spacial score (nSPS) is 14.9. The van der Waals surface area contributed by atoms with Crippen LogP contribution >= 0.6 is 0 Å². The van der Waals surface area contributed by atoms with Crippen LogP contribution in [0.1, 0.15) is 64.7 Å². The van der Waals surface area contributed by atoms with E-state index in [-0.39, 0.29) is 23.2 Å². The Morgan fingerprint density at radius 1 is 0.974 bits per heavy atom. The molecule has 6 nitrogen and oxygen atoms in total. The summed E-state index contributed by atoms with van der Waals surface area (Å²) < 4.78 is 18.0. The summed E-state index contributed by atoms with van der Waals surface area (Å²) >= 11 is 0. The van der Waals surface area contributed by atoms with E-state index in [1.807, 2.05) is 94.4 Å². The van der Waals surface area contributed by atoms with Crippen LogP contribution in [0, 0.1) is 13.8 Å². The molecule has 0 saturated carbocycles. The van der Waals surface area contributed by atoms with E-state index in [0.29, 0.717) is 48.5 Å². The van der Waals surface area contributed by atoms with Gasteiger partial charge in [-0.25, -0.2) is 0 Å². The van der Waals surface area contributed by atoms with Gasteiger partial charge in [0.25, 0.3) is 5.91 Å². The SMILES string of the molecule is Cc1cc(C)c2oc3c(c(=O)c2c1)C(c1cccc(OCc2ccccc2)c1)N(CCCOC(C)C)C3=O. The van der Waals surface area contributed by atoms with Crippen molar-refractivity contribution in [2.75, 3.05) is 13.2 Å². The fourth-order valence-corrected chi connectivity index (χ4v) is 5.12. The maximum absolute atomic E-state index is 13.9. The number of aryl methyl sites for hydroxylation is 2. The van der Waals surface area contributed by atoms with Crippen molar-refractivity contribution in [1.29, 1.82) is 0 Å². The van der Waals surface area contributed by atoms with Crippen molar-refractivity contribution in [3.05, 3.63) is 111 Å². The number of amides is 1. The van der Waals surface area contributed by atoms with Gasteiger partial charge in [-0.1, -0.05) is 48.5 Å². The van der Waals surface area contributed by atoms with Gasteiger partial charge in [0.05, 0.1) is 23.1 Å². The molecule has 196 valence electrons. The van der Waals surface area contributed by atoms with Crippen LogP contribution < -0.4 is 10.2 Å². The standard InChI is InChI=1S/C32H33NO5/c1-20(2)36-15-9-14-33-28(24-12-8-13-25(18-24)37-19-23-10-6-5-7-11-23)27-29(34)26-17-21(3)16-22(4)30(26)38-31(27)32(33)35/h5-8,10-13,16-18,20,28H,9,14-15,19H2,1-4H3. The molecule has 1 atom stereocenters. The Morgan fingerprint density at radius 3 is 2.53 bits per heavy atom. The fourth-order valence-electron chi connectivity index (χ4n) is 5.12. The van der Waals surface area contributed by atoms with Crippen LogP contribution in [-0.2, 0) is 11.3 Å². The van der Waals surface area contributed by atoms with E-state index < -0.39 is 6.04 Å². The lowest BCUT2D eigenvalue weighted by molar-refractivity contribution is 0.0593. The van der Waals surface area contributed by atoms with Crippen molar-refractivity contribution in [3.63, 3.8) is 0 Å². The Labute approximate surface area is 222 Å². The first-order chi connectivity index (χ1) is 18.3. The summed E-state index contributed by atoms with van der Waals surface area (Å²) in [6.45, 7) is 9.20. The molecule has 1 unspecified atom stereocenters. The molecule has 1 aliphatic rings. The third-order valence-corrected chi connectivity index (χ3v) is 6.81. The zero-order valence-electron chi connectivity index (χ0n) is 22.3. The maximum Gasteiger partial charge on any atom is 0.290 e. The second-order valence-electron chi connectivity index (χ2n) is 10.2. The molecule has 0 bridgehead atoms. The van der Waals surface area contributed by atoms with Gasteiger partial charge in [0, 0.05) is 13.2 Å². The molecule has 1 aromatic heterocycles. The highest BCUT2D eigenvalue weighted by molar-refractivity contribution is 5.99. The molecule has 5 rings (SSSR count). The van der Waals surface area contributed by atoms with Gasteiger partial charge in [0.15, 0.2) is 5.43 Å². The Bertz CT molecular complexity index is 1520. The van der Waals surface area contributed by atoms with E-state index in [4.69, 9.17) is 13.9 Å². The molecule has 0 saturated heterocycles. The predicted octanol–water partition coefficient (Wildman–Crippen LogP) is 6.35. The first-order valence-corrected chi connectivity index (χ1v) is 13.1. The molecular formula is C32H33NO5. The second kappa shape index (κ2) is 10.8. The maximum atomic E-state index is 13.9. The van der Waals surface area contributed by atoms with Gasteiger partial charge in [-0.3, -0.25) is 9.59 Å². The van der Waals surface area contributed by atoms with Crippen LogP contribution in [0.4, 0.5) is 0 Å². The van der Waals surface area contributed by atoms with Gasteiger partial charge < -0.3 is 18.8 Å². The molecule has 0 radical (unpaired) electrons. The van der Waals surface area contributed by atoms with Crippen LogP contribution in [0.3, 0.4) is 0 Å². The number of nitrogens with zero attached hydrogens (tertiary/aromatic N) is 1. The summed E-state index contributed by atoms with van der Waals surface area (Å²) in [6, 6.07) is 20.8. The smallest absolute Gasteiger partial charge is 0.290 e. The highest BCUT2D eigenvalue weighted by atomic mass is 16.5. The van der Waals surface area contributed by atoms with E-state index in [1.54, 1.807) is 4.90 Å². The lowest BCUT2D eigenvalue weighted by Crippen LogP contribution is -2.31. The van der Waals surface area contributed by atoms with Crippen LogP contribution in [0.25, 0.3) is 11.0 Å². The van der Waals surface area contributed by atoms with Gasteiger partial charge >= 0.3 is 0 Å². The Balaban J connectivity index is 1.55. The number of fused-ring (bicyclic) bond motifs is 2. The molecular weight excluding hydrogens is 478 g/mol. The molecule has 38 heavy (non-hydrogen) atoms. The molecule has 0 spiro atoms. The molecule has 0 aliphatic carbocycles. The predicted molar refractivity (Wildman–Crippen MR) is 148 cm³/mol. The van der Waals surface area contributed by atoms with Crippen molar-refractivity contribution >= 4 is 16.9 Å². The van der Waals surface area contributed by atoms with E-state index in [1.165, 1.54) is 0 Å². The third kappa shape index (κ3) is 5.09. The van der Waals surface area contributed by atoms with Crippen molar-refractivity contribution in [3.8, 4) is 5.75 Å². The zero-order valence-corrected chi connectivity index (χ0v) is 22.3. The van der Waals surface area contributed by atoms with Crippen molar-refractivity contribution in [1.82, 2.24) is 4.90 Å². The minimum absolute atomic E-state index is 0.107. The highest BCUT2D eigenvalue weighted by Gasteiger charge is 2.42. The van der Waals surface area contributed by atoms with Gasteiger partial charge in [-0.15, -0.1) is 0 Å². The molecule has 1 aliphatic heterocycles. The van der Waals surface area contributed by atoms with Crippen molar-refractivity contribution in [2.45, 2.75) is 52.9 Å². The molecule has 1 amide bonds. The summed E-state index contributed by atoms with van der Waals surface area (Å²) in [5.41, 5.74) is 4.37. The topological polar surface area (TPSA) is 69.0 Å². The Kier molecular flexibility index (Phi) is 7.34. The van der Waals surface area contributed by atoms with Crippen LogP contribution in [0.5, 0.6) is 5.75 Å². The van der Waals surface area contributed by atoms with E-state index in [9.17, 15) is 9.59 Å². The number of hydrogen-bond donors (Lipinski definition) is 0. The van der Waals surface area contributed by atoms with Crippen molar-refractivity contribution < 1.29 is 18.7 Å². The van der Waals surface area contributed by atoms with E-state index in [0.717, 1.165) is 22.3 Å². The summed E-state index contributed by atoms with van der Waals surface area (Å²) in [6.07, 6.45) is 0.750. The monoisotopic (exact) mass is 511 g/mol. The average Bonchev–Trinajstić information content (AvgIpc) is 3.18. The van der Waals surface area contributed by atoms with E-state index in [2.05, 4.69) is 0 Å². The molecule has 0 N–H and O–H groups in total. The summed E-state index contributed by atoms with van der Waals surface area (Å²) in [5.74, 6) is 0.524. The lowest BCUT2D eigenvalue weighted by Gasteiger charge is -2.25. The zero-order chi connectivity index (χ0) is 26.8. The molecule has 3 aromatic carbocycles. The number of benzene rings is 3. The molecule has 6 heteroatoms. The third-order valence-electron chi connectivity index (χ3n) is 6.81. The van der Waals surface area contributed by atoms with Crippen LogP contribution in [-0.4, -0.2) is 30.1 Å². The Hall–Kier alpha value is -3.90. The number of carbonyl (C=O) groups excluding carboxylic acids is 1. The van der Waals surface area contributed by atoms with Gasteiger partial charge in [-0.05, 0) is 74.6 Å². The summed E-state index contributed by atoms with van der Waals surface area (Å²) in [4.78, 5) is 29.4. The summed E-state index contributed by atoms with van der Waals surface area (Å²) in [7, 11) is 0. The number of hydrogen-bond acceptors (Lipinski definition) is 5. The van der Waals surface area contributed by atoms with Crippen LogP contribution in [0.15, 0.2) is 75.9 Å². The van der Waals surface area contributed by atoms with Gasteiger partial charge in [0.1, 0.15) is 17.9 Å². The lowest BCUT2D eigenvalue weighted by atomic mass is 9.97. The van der Waals surface area contributed by atoms with Crippen molar-refractivity contribution in [2.24, 2.45) is 0 Å². The first kappa shape index (κ1) is 25.7. The van der Waals surface area contributed by atoms with Gasteiger partial charge in [0.2, 0.25) is 5.76 Å². The van der Waals surface area contributed by atoms with Crippen LogP contribution in [0.2, 0.25) is 0 Å².